The van der Waals surface area contributed by atoms with Crippen molar-refractivity contribution in [3.63, 3.8) is 0 Å². The van der Waals surface area contributed by atoms with Crippen molar-refractivity contribution in [1.82, 2.24) is 4.98 Å². The van der Waals surface area contributed by atoms with E-state index in [0.717, 1.165) is 0 Å². The third-order valence-electron chi connectivity index (χ3n) is 3.32. The molecule has 0 unspecified atom stereocenters. The van der Waals surface area contributed by atoms with E-state index < -0.39 is 0 Å². The Kier molecular flexibility index (Phi) is 6.81. The highest BCUT2D eigenvalue weighted by Crippen LogP contribution is 2.31. The fourth-order valence-electron chi connectivity index (χ4n) is 1.92. The fourth-order valence-corrected chi connectivity index (χ4v) is 1.92. The van der Waals surface area contributed by atoms with Gasteiger partial charge in [0.05, 0.1) is 5.76 Å². The smallest absolute Gasteiger partial charge is 0.226 e. The number of hydrogen-bond acceptors (Lipinski definition) is 7. The van der Waals surface area contributed by atoms with E-state index in [1.54, 1.807) is 24.3 Å². The van der Waals surface area contributed by atoms with E-state index in [0.29, 0.717) is 35.1 Å². The Bertz CT molecular complexity index is 819. The summed E-state index contributed by atoms with van der Waals surface area (Å²) >= 11 is 0. The molecule has 1 aromatic heterocycles. The van der Waals surface area contributed by atoms with Gasteiger partial charge in [0.25, 0.3) is 0 Å². The van der Waals surface area contributed by atoms with Crippen molar-refractivity contribution < 1.29 is 9.53 Å². The van der Waals surface area contributed by atoms with Gasteiger partial charge in [-0.05, 0) is 24.3 Å². The lowest BCUT2D eigenvalue weighted by atomic mass is 10.3. The second-order valence-corrected chi connectivity index (χ2v) is 5.35. The summed E-state index contributed by atoms with van der Waals surface area (Å²) in [4.78, 5) is 15.6. The van der Waals surface area contributed by atoms with Gasteiger partial charge in [-0.25, -0.2) is 4.98 Å². The Morgan fingerprint density at radius 2 is 1.96 bits per heavy atom. The van der Waals surface area contributed by atoms with Gasteiger partial charge < -0.3 is 21.5 Å². The predicted molar refractivity (Wildman–Crippen MR) is 102 cm³/mol. The number of para-hydroxylation sites is 1. The molecule has 0 bridgehead atoms. The number of carbonyl (C=O) groups is 1. The van der Waals surface area contributed by atoms with Crippen molar-refractivity contribution in [2.45, 2.75) is 19.8 Å². The van der Waals surface area contributed by atoms with Crippen LogP contribution in [0, 0.1) is 0 Å². The lowest BCUT2D eigenvalue weighted by molar-refractivity contribution is -0.116. The first-order chi connectivity index (χ1) is 12.5. The van der Waals surface area contributed by atoms with Crippen LogP contribution in [0.25, 0.3) is 0 Å². The maximum atomic E-state index is 11.5. The first-order valence-corrected chi connectivity index (χ1v) is 8.16. The van der Waals surface area contributed by atoms with Crippen LogP contribution in [-0.4, -0.2) is 17.4 Å². The van der Waals surface area contributed by atoms with E-state index in [1.807, 2.05) is 19.1 Å². The van der Waals surface area contributed by atoms with Crippen LogP contribution in [-0.2, 0) is 4.79 Å². The van der Waals surface area contributed by atoms with E-state index >= 15 is 0 Å². The number of carbonyl (C=O) groups excluding carboxylic acids is 1. The van der Waals surface area contributed by atoms with Crippen LogP contribution in [0.1, 0.15) is 19.8 Å². The summed E-state index contributed by atoms with van der Waals surface area (Å²) in [6, 6.07) is 10.4. The zero-order valence-electron chi connectivity index (χ0n) is 14.6. The second-order valence-electron chi connectivity index (χ2n) is 5.35. The van der Waals surface area contributed by atoms with Gasteiger partial charge in [0.2, 0.25) is 5.91 Å². The molecule has 0 radical (unpaired) electrons. The van der Waals surface area contributed by atoms with E-state index in [4.69, 9.17) is 16.2 Å². The average Bonchev–Trinajstić information content (AvgIpc) is 2.62. The third-order valence-corrected chi connectivity index (χ3v) is 3.32. The van der Waals surface area contributed by atoms with Crippen molar-refractivity contribution in [3.8, 4) is 5.75 Å². The molecular weight excluding hydrogens is 332 g/mol. The molecule has 8 heteroatoms. The molecule has 8 nitrogen and oxygen atoms in total. The van der Waals surface area contributed by atoms with E-state index in [1.165, 1.54) is 0 Å². The number of nitrogen functional groups attached to an aromatic ring is 1. The molecule has 26 heavy (non-hydrogen) atoms. The Labute approximate surface area is 152 Å². The Morgan fingerprint density at radius 1 is 1.23 bits per heavy atom. The molecule has 0 spiro atoms. The molecule has 0 aliphatic heterocycles. The molecule has 0 atom stereocenters. The standard InChI is InChI=1S/C18H22N6O2/c1-3-12(2)26-15-7-5-4-6-13(15)23-24-14-8-9-16(22-18(14)20)21-17(25)10-11-19/h4-9H,2-3,10-11,19H2,1H3,(H3,20,21,22,25)/b24-23+. The van der Waals surface area contributed by atoms with Crippen molar-refractivity contribution in [1.29, 1.82) is 0 Å². The third kappa shape index (κ3) is 5.38. The number of nitrogens with two attached hydrogens (primary N) is 2. The summed E-state index contributed by atoms with van der Waals surface area (Å²) in [6.45, 7) is 6.04. The lowest BCUT2D eigenvalue weighted by Crippen LogP contribution is -2.17. The molecule has 1 aromatic carbocycles. The van der Waals surface area contributed by atoms with Crippen molar-refractivity contribution in [2.24, 2.45) is 16.0 Å². The van der Waals surface area contributed by atoms with Crippen molar-refractivity contribution in [3.05, 3.63) is 48.7 Å². The number of hydrogen-bond donors (Lipinski definition) is 3. The van der Waals surface area contributed by atoms with Gasteiger partial charge in [0.15, 0.2) is 11.6 Å². The van der Waals surface area contributed by atoms with Gasteiger partial charge in [-0.15, -0.1) is 10.2 Å². The molecule has 0 fully saturated rings. The van der Waals surface area contributed by atoms with Crippen LogP contribution in [0.2, 0.25) is 0 Å². The number of amides is 1. The topological polar surface area (TPSA) is 128 Å². The summed E-state index contributed by atoms with van der Waals surface area (Å²) in [6.07, 6.45) is 0.905. The minimum absolute atomic E-state index is 0.149. The summed E-state index contributed by atoms with van der Waals surface area (Å²) in [5.74, 6) is 1.45. The number of allylic oxidation sites excluding steroid dienone is 1. The number of benzene rings is 1. The van der Waals surface area contributed by atoms with Crippen LogP contribution in [0.3, 0.4) is 0 Å². The highest BCUT2D eigenvalue weighted by molar-refractivity contribution is 5.90. The second kappa shape index (κ2) is 9.28. The maximum absolute atomic E-state index is 11.5. The lowest BCUT2D eigenvalue weighted by Gasteiger charge is -2.08. The van der Waals surface area contributed by atoms with Crippen LogP contribution in [0.5, 0.6) is 5.75 Å². The van der Waals surface area contributed by atoms with Gasteiger partial charge in [0.1, 0.15) is 17.2 Å². The first-order valence-electron chi connectivity index (χ1n) is 8.16. The molecule has 5 N–H and O–H groups in total. The monoisotopic (exact) mass is 354 g/mol. The highest BCUT2D eigenvalue weighted by atomic mass is 16.5. The van der Waals surface area contributed by atoms with Crippen LogP contribution in [0.15, 0.2) is 59.0 Å². The number of nitrogens with zero attached hydrogens (tertiary/aromatic N) is 3. The van der Waals surface area contributed by atoms with Crippen molar-refractivity contribution in [2.75, 3.05) is 17.6 Å². The van der Waals surface area contributed by atoms with Gasteiger partial charge in [-0.2, -0.15) is 0 Å². The zero-order chi connectivity index (χ0) is 18.9. The van der Waals surface area contributed by atoms with Gasteiger partial charge >= 0.3 is 0 Å². The Morgan fingerprint density at radius 3 is 2.65 bits per heavy atom. The van der Waals surface area contributed by atoms with Gasteiger partial charge in [-0.1, -0.05) is 25.6 Å². The quantitative estimate of drug-likeness (QED) is 0.492. The Balaban J connectivity index is 2.16. The molecular formula is C18H22N6O2. The van der Waals surface area contributed by atoms with Crippen molar-refractivity contribution >= 4 is 28.9 Å². The number of aromatic nitrogens is 1. The molecule has 1 heterocycles. The molecule has 2 rings (SSSR count). The molecule has 0 saturated carbocycles. The van der Waals surface area contributed by atoms with Crippen LogP contribution in [0.4, 0.5) is 23.0 Å². The summed E-state index contributed by atoms with van der Waals surface area (Å²) in [7, 11) is 0. The first kappa shape index (κ1) is 19.1. The van der Waals surface area contributed by atoms with Crippen LogP contribution >= 0.6 is 0 Å². The number of nitrogens with one attached hydrogen (secondary N) is 1. The minimum atomic E-state index is -0.226. The number of azo groups is 1. The van der Waals surface area contributed by atoms with E-state index in [9.17, 15) is 4.79 Å². The number of rotatable bonds is 8. The molecule has 0 aliphatic rings. The maximum Gasteiger partial charge on any atom is 0.226 e. The molecule has 136 valence electrons. The predicted octanol–water partition coefficient (Wildman–Crippen LogP) is 3.67. The largest absolute Gasteiger partial charge is 0.460 e. The molecule has 2 aromatic rings. The van der Waals surface area contributed by atoms with Gasteiger partial charge in [0, 0.05) is 19.4 Å². The summed E-state index contributed by atoms with van der Waals surface area (Å²) in [5.41, 5.74) is 12.1. The minimum Gasteiger partial charge on any atom is -0.460 e. The highest BCUT2D eigenvalue weighted by Gasteiger charge is 2.07. The Hall–Kier alpha value is -3.26. The molecule has 0 aliphatic carbocycles. The van der Waals surface area contributed by atoms with E-state index in [-0.39, 0.29) is 24.7 Å². The summed E-state index contributed by atoms with van der Waals surface area (Å²) < 4.78 is 5.65. The van der Waals surface area contributed by atoms with Crippen LogP contribution < -0.4 is 21.5 Å². The van der Waals surface area contributed by atoms with Gasteiger partial charge in [-0.3, -0.25) is 4.79 Å². The zero-order valence-corrected chi connectivity index (χ0v) is 14.6. The summed E-state index contributed by atoms with van der Waals surface area (Å²) in [5, 5.41) is 10.9. The molecule has 1 amide bonds. The molecule has 0 saturated heterocycles. The number of anilines is 2. The number of pyridine rings is 1. The SMILES string of the molecule is C=C(CC)Oc1ccccc1/N=N/c1ccc(NC(=O)CCN)nc1N. The average molecular weight is 354 g/mol. The normalized spacial score (nSPS) is 10.7. The number of ether oxygens (including phenoxy) is 1. The fraction of sp³-hybridized carbons (Fsp3) is 0.222. The van der Waals surface area contributed by atoms with E-state index in [2.05, 4.69) is 27.1 Å².